The average molecular weight is 396 g/mol. The van der Waals surface area contributed by atoms with Crippen molar-refractivity contribution in [2.45, 2.75) is 32.2 Å². The number of hydrogen-bond acceptors (Lipinski definition) is 3. The molecule has 2 aliphatic rings. The minimum absolute atomic E-state index is 0.0631. The van der Waals surface area contributed by atoms with Gasteiger partial charge in [-0.3, -0.25) is 9.59 Å². The van der Waals surface area contributed by atoms with Crippen LogP contribution in [0.3, 0.4) is 0 Å². The van der Waals surface area contributed by atoms with Gasteiger partial charge in [0, 0.05) is 31.7 Å². The minimum Gasteiger partial charge on any atom is -0.508 e. The third-order valence-corrected chi connectivity index (χ3v) is 6.15. The van der Waals surface area contributed by atoms with E-state index in [-0.39, 0.29) is 29.8 Å². The summed E-state index contributed by atoms with van der Waals surface area (Å²) in [6.07, 6.45) is 2.48. The van der Waals surface area contributed by atoms with Crippen LogP contribution in [0.1, 0.15) is 30.4 Å². The minimum atomic E-state index is -0.521. The van der Waals surface area contributed by atoms with Crippen molar-refractivity contribution in [3.63, 3.8) is 0 Å². The van der Waals surface area contributed by atoms with Crippen molar-refractivity contribution in [1.29, 1.82) is 0 Å². The summed E-state index contributed by atoms with van der Waals surface area (Å²) >= 11 is 0. The van der Waals surface area contributed by atoms with Gasteiger partial charge in [0.15, 0.2) is 0 Å². The number of nitrogens with zero attached hydrogens (tertiary/aromatic N) is 2. The van der Waals surface area contributed by atoms with Crippen molar-refractivity contribution in [2.24, 2.45) is 5.41 Å². The zero-order chi connectivity index (χ0) is 20.4. The van der Waals surface area contributed by atoms with Crippen LogP contribution in [0.25, 0.3) is 0 Å². The van der Waals surface area contributed by atoms with Gasteiger partial charge in [-0.15, -0.1) is 0 Å². The van der Waals surface area contributed by atoms with Crippen LogP contribution in [0.5, 0.6) is 5.75 Å². The molecule has 4 rings (SSSR count). The highest BCUT2D eigenvalue weighted by molar-refractivity contribution is 5.86. The van der Waals surface area contributed by atoms with Crippen molar-refractivity contribution < 1.29 is 19.1 Å². The summed E-state index contributed by atoms with van der Waals surface area (Å²) in [5, 5.41) is 9.92. The van der Waals surface area contributed by atoms with Gasteiger partial charge in [0.05, 0.1) is 11.8 Å². The summed E-state index contributed by atoms with van der Waals surface area (Å²) in [7, 11) is 0. The van der Waals surface area contributed by atoms with E-state index in [2.05, 4.69) is 0 Å². The van der Waals surface area contributed by atoms with Gasteiger partial charge < -0.3 is 14.9 Å². The first-order chi connectivity index (χ1) is 14.0. The van der Waals surface area contributed by atoms with Crippen LogP contribution in [0.4, 0.5) is 4.39 Å². The molecule has 2 heterocycles. The molecule has 29 heavy (non-hydrogen) atoms. The highest BCUT2D eigenvalue weighted by Gasteiger charge is 2.49. The number of amides is 2. The van der Waals surface area contributed by atoms with Crippen LogP contribution in [0.15, 0.2) is 48.5 Å². The van der Waals surface area contributed by atoms with E-state index in [1.54, 1.807) is 41.3 Å². The third-order valence-electron chi connectivity index (χ3n) is 6.15. The second kappa shape index (κ2) is 7.85. The molecule has 5 nitrogen and oxygen atoms in total. The molecule has 1 unspecified atom stereocenters. The van der Waals surface area contributed by atoms with E-state index in [1.807, 2.05) is 4.90 Å². The van der Waals surface area contributed by atoms with Crippen LogP contribution < -0.4 is 0 Å². The monoisotopic (exact) mass is 396 g/mol. The lowest BCUT2D eigenvalue weighted by Crippen LogP contribution is -2.50. The van der Waals surface area contributed by atoms with Crippen molar-refractivity contribution >= 4 is 11.8 Å². The van der Waals surface area contributed by atoms with Crippen molar-refractivity contribution in [2.75, 3.05) is 19.6 Å². The topological polar surface area (TPSA) is 60.9 Å². The van der Waals surface area contributed by atoms with Gasteiger partial charge in [-0.05, 0) is 43.0 Å². The number of piperidine rings is 1. The number of benzene rings is 2. The van der Waals surface area contributed by atoms with E-state index < -0.39 is 5.41 Å². The number of phenols is 1. The van der Waals surface area contributed by atoms with E-state index >= 15 is 0 Å². The van der Waals surface area contributed by atoms with Gasteiger partial charge in [-0.2, -0.15) is 0 Å². The maximum atomic E-state index is 13.3. The fraction of sp³-hybridized carbons (Fsp3) is 0.391. The predicted octanol–water partition coefficient (Wildman–Crippen LogP) is 3.12. The van der Waals surface area contributed by atoms with Gasteiger partial charge >= 0.3 is 0 Å². The van der Waals surface area contributed by atoms with Crippen LogP contribution in [0, 0.1) is 11.2 Å². The second-order valence-electron chi connectivity index (χ2n) is 8.11. The highest BCUT2D eigenvalue weighted by atomic mass is 19.1. The molecular formula is C23H25FN2O3. The number of carbonyl (C=O) groups is 2. The maximum absolute atomic E-state index is 13.3. The fourth-order valence-corrected chi connectivity index (χ4v) is 4.51. The number of phenolic OH excluding ortho intramolecular Hbond substituents is 1. The molecule has 152 valence electrons. The van der Waals surface area contributed by atoms with Crippen molar-refractivity contribution in [3.05, 3.63) is 65.5 Å². The number of para-hydroxylation sites is 1. The molecule has 1 atom stereocenters. The summed E-state index contributed by atoms with van der Waals surface area (Å²) in [5.74, 6) is -0.142. The quantitative estimate of drug-likeness (QED) is 0.864. The molecule has 2 saturated heterocycles. The molecule has 0 radical (unpaired) electrons. The van der Waals surface area contributed by atoms with E-state index in [9.17, 15) is 19.1 Å². The normalized spacial score (nSPS) is 21.8. The van der Waals surface area contributed by atoms with Crippen LogP contribution >= 0.6 is 0 Å². The molecule has 6 heteroatoms. The lowest BCUT2D eigenvalue weighted by Gasteiger charge is -2.39. The Labute approximate surface area is 169 Å². The summed E-state index contributed by atoms with van der Waals surface area (Å²) in [4.78, 5) is 29.6. The molecule has 0 aromatic heterocycles. The Hall–Kier alpha value is -2.89. The summed E-state index contributed by atoms with van der Waals surface area (Å²) in [6.45, 7) is 2.14. The van der Waals surface area contributed by atoms with Crippen LogP contribution in [0.2, 0.25) is 0 Å². The SMILES string of the molecule is O=C(Cc1ccccc1O)N1CCC2(CCCN(Cc3ccc(F)cc3)C2=O)C1. The number of aromatic hydroxyl groups is 1. The van der Waals surface area contributed by atoms with E-state index in [0.717, 1.165) is 18.4 Å². The smallest absolute Gasteiger partial charge is 0.230 e. The number of hydrogen-bond donors (Lipinski definition) is 1. The van der Waals surface area contributed by atoms with E-state index in [0.29, 0.717) is 38.2 Å². The predicted molar refractivity (Wildman–Crippen MR) is 106 cm³/mol. The third kappa shape index (κ3) is 3.97. The first-order valence-corrected chi connectivity index (χ1v) is 10.1. The maximum Gasteiger partial charge on any atom is 0.230 e. The number of rotatable bonds is 4. The summed E-state index contributed by atoms with van der Waals surface area (Å²) in [6, 6.07) is 13.1. The molecule has 0 saturated carbocycles. The lowest BCUT2D eigenvalue weighted by molar-refractivity contribution is -0.146. The molecule has 1 N–H and O–H groups in total. The van der Waals surface area contributed by atoms with Gasteiger partial charge in [-0.25, -0.2) is 4.39 Å². The standard InChI is InChI=1S/C23H25FN2O3/c24-19-8-6-17(7-9-19)15-25-12-3-10-23(22(25)29)11-13-26(16-23)21(28)14-18-4-1-2-5-20(18)27/h1-2,4-9,27H,3,10-16H2. The zero-order valence-corrected chi connectivity index (χ0v) is 16.3. The van der Waals surface area contributed by atoms with Gasteiger partial charge in [0.1, 0.15) is 11.6 Å². The van der Waals surface area contributed by atoms with Crippen LogP contribution in [-0.4, -0.2) is 46.4 Å². The first-order valence-electron chi connectivity index (χ1n) is 10.1. The highest BCUT2D eigenvalue weighted by Crippen LogP contribution is 2.40. The molecule has 0 aliphatic carbocycles. The van der Waals surface area contributed by atoms with Crippen LogP contribution in [-0.2, 0) is 22.6 Å². The average Bonchev–Trinajstić information content (AvgIpc) is 3.14. The second-order valence-corrected chi connectivity index (χ2v) is 8.11. The first kappa shape index (κ1) is 19.4. The Morgan fingerprint density at radius 2 is 1.83 bits per heavy atom. The van der Waals surface area contributed by atoms with Gasteiger partial charge in [-0.1, -0.05) is 30.3 Å². The fourth-order valence-electron chi connectivity index (χ4n) is 4.51. The van der Waals surface area contributed by atoms with Gasteiger partial charge in [0.25, 0.3) is 0 Å². The lowest BCUT2D eigenvalue weighted by atomic mass is 9.78. The van der Waals surface area contributed by atoms with E-state index in [1.165, 1.54) is 12.1 Å². The summed E-state index contributed by atoms with van der Waals surface area (Å²) < 4.78 is 13.1. The van der Waals surface area contributed by atoms with Crippen molar-refractivity contribution in [3.8, 4) is 5.75 Å². The molecule has 2 aromatic carbocycles. The Balaban J connectivity index is 1.43. The molecule has 0 bridgehead atoms. The molecule has 2 aromatic rings. The molecule has 2 fully saturated rings. The summed E-state index contributed by atoms with van der Waals surface area (Å²) in [5.41, 5.74) is 0.987. The molecule has 2 aliphatic heterocycles. The Bertz CT molecular complexity index is 915. The zero-order valence-electron chi connectivity index (χ0n) is 16.3. The Morgan fingerprint density at radius 3 is 2.59 bits per heavy atom. The van der Waals surface area contributed by atoms with Gasteiger partial charge in [0.2, 0.25) is 11.8 Å². The molecular weight excluding hydrogens is 371 g/mol. The molecule has 2 amide bonds. The van der Waals surface area contributed by atoms with Crippen molar-refractivity contribution in [1.82, 2.24) is 9.80 Å². The number of likely N-dealkylation sites (tertiary alicyclic amines) is 2. The Kier molecular flexibility index (Phi) is 5.26. The van der Waals surface area contributed by atoms with E-state index in [4.69, 9.17) is 0 Å². The largest absolute Gasteiger partial charge is 0.508 e. The number of carbonyl (C=O) groups excluding carboxylic acids is 2. The molecule has 1 spiro atoms. The number of halogens is 1. The Morgan fingerprint density at radius 1 is 1.07 bits per heavy atom.